The van der Waals surface area contributed by atoms with Gasteiger partial charge in [-0.2, -0.15) is 0 Å². The zero-order chi connectivity index (χ0) is 17.7. The third kappa shape index (κ3) is 4.98. The van der Waals surface area contributed by atoms with Crippen LogP contribution in [0.15, 0.2) is 53.5 Å². The third-order valence-electron chi connectivity index (χ3n) is 3.46. The van der Waals surface area contributed by atoms with E-state index < -0.39 is 11.0 Å². The van der Waals surface area contributed by atoms with Crippen LogP contribution >= 0.6 is 23.2 Å². The summed E-state index contributed by atoms with van der Waals surface area (Å²) in [5.74, 6) is -0.0535. The van der Waals surface area contributed by atoms with Crippen LogP contribution in [0.5, 0.6) is 0 Å². The first-order valence-electron chi connectivity index (χ1n) is 7.43. The molecule has 3 N–H and O–H groups in total. The van der Waals surface area contributed by atoms with E-state index in [1.54, 1.807) is 12.1 Å². The van der Waals surface area contributed by atoms with E-state index in [0.717, 1.165) is 16.7 Å². The van der Waals surface area contributed by atoms with Crippen LogP contribution in [0.25, 0.3) is 0 Å². The second-order valence-corrected chi connectivity index (χ2v) is 6.66. The molecule has 2 aromatic rings. The molecule has 0 aliphatic rings. The zero-order valence-electron chi connectivity index (χ0n) is 13.5. The molecule has 126 valence electrons. The van der Waals surface area contributed by atoms with Gasteiger partial charge in [0.05, 0.1) is 0 Å². The van der Waals surface area contributed by atoms with Crippen molar-refractivity contribution in [1.29, 1.82) is 0 Å². The second kappa shape index (κ2) is 8.18. The smallest absolute Gasteiger partial charge is 0.252 e. The van der Waals surface area contributed by atoms with Gasteiger partial charge < -0.3 is 11.1 Å². The Kier molecular flexibility index (Phi) is 6.23. The quantitative estimate of drug-likeness (QED) is 0.484. The summed E-state index contributed by atoms with van der Waals surface area (Å²) in [6.45, 7) is 3.93. The SMILES string of the molecule is Cc1ccc(C(=O)NC(/N=C(\N)c2ccc(C)cc2)C(Cl)Cl)cc1. The Labute approximate surface area is 151 Å². The lowest BCUT2D eigenvalue weighted by Crippen LogP contribution is -2.39. The Bertz CT molecular complexity index is 725. The average molecular weight is 364 g/mol. The normalized spacial score (nSPS) is 13.0. The van der Waals surface area contributed by atoms with Gasteiger partial charge >= 0.3 is 0 Å². The Morgan fingerprint density at radius 2 is 1.42 bits per heavy atom. The average Bonchev–Trinajstić information content (AvgIpc) is 2.55. The van der Waals surface area contributed by atoms with Gasteiger partial charge in [-0.25, -0.2) is 4.99 Å². The Morgan fingerprint density at radius 1 is 0.958 bits per heavy atom. The van der Waals surface area contributed by atoms with Crippen molar-refractivity contribution in [3.8, 4) is 0 Å². The van der Waals surface area contributed by atoms with Crippen molar-refractivity contribution in [2.24, 2.45) is 10.7 Å². The van der Waals surface area contributed by atoms with Gasteiger partial charge in [-0.05, 0) is 26.0 Å². The molecule has 0 aliphatic heterocycles. The monoisotopic (exact) mass is 363 g/mol. The number of carbonyl (C=O) groups excluding carboxylic acids is 1. The van der Waals surface area contributed by atoms with E-state index in [2.05, 4.69) is 10.3 Å². The van der Waals surface area contributed by atoms with E-state index in [1.807, 2.05) is 50.2 Å². The molecule has 2 rings (SSSR count). The molecule has 0 saturated carbocycles. The summed E-state index contributed by atoms with van der Waals surface area (Å²) in [5, 5.41) is 2.69. The highest BCUT2D eigenvalue weighted by Gasteiger charge is 2.20. The molecule has 6 heteroatoms. The predicted octanol–water partition coefficient (Wildman–Crippen LogP) is 3.57. The minimum atomic E-state index is -0.927. The number of amidine groups is 1. The maximum Gasteiger partial charge on any atom is 0.252 e. The highest BCUT2D eigenvalue weighted by molar-refractivity contribution is 6.45. The number of hydrogen-bond donors (Lipinski definition) is 2. The first-order valence-corrected chi connectivity index (χ1v) is 8.30. The molecule has 4 nitrogen and oxygen atoms in total. The molecule has 0 heterocycles. The van der Waals surface area contributed by atoms with E-state index >= 15 is 0 Å². The van der Waals surface area contributed by atoms with Crippen LogP contribution in [0.1, 0.15) is 27.0 Å². The van der Waals surface area contributed by atoms with Crippen LogP contribution in [0.3, 0.4) is 0 Å². The second-order valence-electron chi connectivity index (χ2n) is 5.50. The van der Waals surface area contributed by atoms with E-state index in [9.17, 15) is 4.79 Å². The summed E-state index contributed by atoms with van der Waals surface area (Å²) < 4.78 is 0. The maximum absolute atomic E-state index is 12.3. The van der Waals surface area contributed by atoms with Gasteiger partial charge in [0.25, 0.3) is 5.91 Å². The van der Waals surface area contributed by atoms with Gasteiger partial charge in [0.15, 0.2) is 6.17 Å². The van der Waals surface area contributed by atoms with Gasteiger partial charge in [-0.15, -0.1) is 23.2 Å². The number of nitrogens with one attached hydrogen (secondary N) is 1. The van der Waals surface area contributed by atoms with E-state index in [4.69, 9.17) is 28.9 Å². The number of aryl methyl sites for hydroxylation is 2. The molecule has 0 saturated heterocycles. The molecule has 0 fully saturated rings. The number of nitrogens with two attached hydrogens (primary N) is 1. The van der Waals surface area contributed by atoms with Crippen LogP contribution in [-0.2, 0) is 0 Å². The molecule has 24 heavy (non-hydrogen) atoms. The summed E-state index contributed by atoms with van der Waals surface area (Å²) in [7, 11) is 0. The molecule has 2 aromatic carbocycles. The van der Waals surface area contributed by atoms with Crippen molar-refractivity contribution in [2.45, 2.75) is 24.8 Å². The molecule has 1 unspecified atom stereocenters. The number of alkyl halides is 2. The van der Waals surface area contributed by atoms with Crippen LogP contribution in [-0.4, -0.2) is 22.7 Å². The fraction of sp³-hybridized carbons (Fsp3) is 0.222. The zero-order valence-corrected chi connectivity index (χ0v) is 15.0. The summed E-state index contributed by atoms with van der Waals surface area (Å²) in [6, 6.07) is 14.7. The van der Waals surface area contributed by atoms with Gasteiger partial charge in [0.2, 0.25) is 0 Å². The first-order chi connectivity index (χ1) is 11.4. The van der Waals surface area contributed by atoms with E-state index in [-0.39, 0.29) is 11.7 Å². The maximum atomic E-state index is 12.3. The number of rotatable bonds is 5. The standard InChI is InChI=1S/C18H19Cl2N3O/c1-11-3-7-13(8-4-11)16(21)22-17(15(19)20)23-18(24)14-9-5-12(2)6-10-14/h3-10,15,17H,1-2H3,(H2,21,22)(H,23,24). The van der Waals surface area contributed by atoms with Crippen molar-refractivity contribution in [2.75, 3.05) is 0 Å². The minimum absolute atomic E-state index is 0.260. The highest BCUT2D eigenvalue weighted by atomic mass is 35.5. The molecular formula is C18H19Cl2N3O. The van der Waals surface area contributed by atoms with Crippen LogP contribution in [0.2, 0.25) is 0 Å². The van der Waals surface area contributed by atoms with E-state index in [1.165, 1.54) is 0 Å². The Morgan fingerprint density at radius 3 is 1.88 bits per heavy atom. The lowest BCUT2D eigenvalue weighted by atomic mass is 10.1. The van der Waals surface area contributed by atoms with Crippen molar-refractivity contribution < 1.29 is 4.79 Å². The molecular weight excluding hydrogens is 345 g/mol. The minimum Gasteiger partial charge on any atom is -0.383 e. The first kappa shape index (κ1) is 18.3. The number of amides is 1. The number of carbonyl (C=O) groups is 1. The van der Waals surface area contributed by atoms with Gasteiger partial charge in [0, 0.05) is 11.1 Å². The lowest BCUT2D eigenvalue weighted by molar-refractivity contribution is 0.0940. The molecule has 0 radical (unpaired) electrons. The number of hydrogen-bond acceptors (Lipinski definition) is 2. The third-order valence-corrected chi connectivity index (χ3v) is 3.93. The van der Waals surface area contributed by atoms with Gasteiger partial charge in [-0.3, -0.25) is 4.79 Å². The fourth-order valence-corrected chi connectivity index (χ4v) is 2.26. The fourth-order valence-electron chi connectivity index (χ4n) is 2.02. The van der Waals surface area contributed by atoms with Gasteiger partial charge in [0.1, 0.15) is 10.7 Å². The number of halogens is 2. The lowest BCUT2D eigenvalue weighted by Gasteiger charge is -2.17. The number of benzene rings is 2. The van der Waals surface area contributed by atoms with Crippen LogP contribution < -0.4 is 11.1 Å². The summed E-state index contributed by atoms with van der Waals surface area (Å²) in [4.78, 5) is 15.6. The molecule has 0 aromatic heterocycles. The van der Waals surface area contributed by atoms with Gasteiger partial charge in [-0.1, -0.05) is 47.5 Å². The summed E-state index contributed by atoms with van der Waals surface area (Å²) >= 11 is 11.9. The largest absolute Gasteiger partial charge is 0.383 e. The predicted molar refractivity (Wildman–Crippen MR) is 99.8 cm³/mol. The molecule has 0 bridgehead atoms. The summed E-state index contributed by atoms with van der Waals surface area (Å²) in [5.41, 5.74) is 9.42. The van der Waals surface area contributed by atoms with Crippen LogP contribution in [0.4, 0.5) is 0 Å². The highest BCUT2D eigenvalue weighted by Crippen LogP contribution is 2.13. The Hall–Kier alpha value is -2.04. The van der Waals surface area contributed by atoms with Crippen molar-refractivity contribution >= 4 is 34.9 Å². The van der Waals surface area contributed by atoms with Crippen LogP contribution in [0, 0.1) is 13.8 Å². The topological polar surface area (TPSA) is 67.5 Å². The molecule has 0 aliphatic carbocycles. The molecule has 1 amide bonds. The Balaban J connectivity index is 2.16. The van der Waals surface area contributed by atoms with E-state index in [0.29, 0.717) is 5.56 Å². The summed E-state index contributed by atoms with van der Waals surface area (Å²) in [6.07, 6.45) is -0.844. The van der Waals surface area contributed by atoms with Crippen molar-refractivity contribution in [1.82, 2.24) is 5.32 Å². The molecule has 1 atom stereocenters. The number of nitrogens with zero attached hydrogens (tertiary/aromatic N) is 1. The number of aliphatic imine (C=N–C) groups is 1. The molecule has 0 spiro atoms. The van der Waals surface area contributed by atoms with Crippen molar-refractivity contribution in [3.63, 3.8) is 0 Å². The van der Waals surface area contributed by atoms with Crippen molar-refractivity contribution in [3.05, 3.63) is 70.8 Å².